The third kappa shape index (κ3) is 3.52. The van der Waals surface area contributed by atoms with Crippen LogP contribution in [0.3, 0.4) is 0 Å². The van der Waals surface area contributed by atoms with Crippen LogP contribution in [0.4, 0.5) is 17.5 Å². The van der Waals surface area contributed by atoms with Gasteiger partial charge in [0.25, 0.3) is 0 Å². The van der Waals surface area contributed by atoms with E-state index in [2.05, 4.69) is 15.3 Å². The Morgan fingerprint density at radius 2 is 2.16 bits per heavy atom. The standard InChI is InChI=1S/C12H21N5O2/c1-5-9(4)16(7-3)11-10(17(18)19)8-14-12(15-11)13-6-2/h8-9H,5-7H2,1-4H3,(H,13,14,15). The molecule has 0 bridgehead atoms. The summed E-state index contributed by atoms with van der Waals surface area (Å²) in [5.41, 5.74) is -0.0520. The van der Waals surface area contributed by atoms with Gasteiger partial charge in [-0.15, -0.1) is 0 Å². The number of nitro groups is 1. The van der Waals surface area contributed by atoms with Gasteiger partial charge in [0.15, 0.2) is 0 Å². The normalized spacial score (nSPS) is 12.0. The van der Waals surface area contributed by atoms with Crippen molar-refractivity contribution in [1.29, 1.82) is 0 Å². The van der Waals surface area contributed by atoms with Gasteiger partial charge in [0, 0.05) is 19.1 Å². The molecule has 1 rings (SSSR count). The first-order valence-electron chi connectivity index (χ1n) is 6.56. The first-order valence-corrected chi connectivity index (χ1v) is 6.56. The third-order valence-corrected chi connectivity index (χ3v) is 3.02. The maximum atomic E-state index is 11.1. The van der Waals surface area contributed by atoms with Crippen LogP contribution < -0.4 is 10.2 Å². The highest BCUT2D eigenvalue weighted by Crippen LogP contribution is 2.28. The zero-order chi connectivity index (χ0) is 14.4. The first kappa shape index (κ1) is 15.1. The second kappa shape index (κ2) is 6.86. The zero-order valence-electron chi connectivity index (χ0n) is 11.9. The van der Waals surface area contributed by atoms with Crippen molar-refractivity contribution in [2.24, 2.45) is 0 Å². The molecule has 1 heterocycles. The van der Waals surface area contributed by atoms with Gasteiger partial charge < -0.3 is 10.2 Å². The van der Waals surface area contributed by atoms with Crippen LogP contribution in [0.25, 0.3) is 0 Å². The van der Waals surface area contributed by atoms with E-state index in [4.69, 9.17) is 0 Å². The van der Waals surface area contributed by atoms with Gasteiger partial charge >= 0.3 is 5.69 Å². The number of hydrogen-bond acceptors (Lipinski definition) is 6. The van der Waals surface area contributed by atoms with Gasteiger partial charge in [-0.25, -0.2) is 4.98 Å². The SMILES string of the molecule is CCNc1ncc([N+](=O)[O-])c(N(CC)C(C)CC)n1. The van der Waals surface area contributed by atoms with Gasteiger partial charge in [-0.2, -0.15) is 4.98 Å². The van der Waals surface area contributed by atoms with Crippen LogP contribution in [0.2, 0.25) is 0 Å². The maximum absolute atomic E-state index is 11.1. The lowest BCUT2D eigenvalue weighted by Crippen LogP contribution is -2.33. The molecule has 1 aromatic rings. The number of aromatic nitrogens is 2. The fraction of sp³-hybridized carbons (Fsp3) is 0.667. The number of anilines is 2. The van der Waals surface area contributed by atoms with Crippen molar-refractivity contribution in [1.82, 2.24) is 9.97 Å². The predicted molar refractivity (Wildman–Crippen MR) is 75.6 cm³/mol. The highest BCUT2D eigenvalue weighted by atomic mass is 16.6. The van der Waals surface area contributed by atoms with E-state index in [9.17, 15) is 10.1 Å². The molecule has 19 heavy (non-hydrogen) atoms. The number of nitrogens with one attached hydrogen (secondary N) is 1. The van der Waals surface area contributed by atoms with E-state index in [0.29, 0.717) is 24.9 Å². The molecule has 1 N–H and O–H groups in total. The first-order chi connectivity index (χ1) is 9.04. The molecule has 7 nitrogen and oxygen atoms in total. The number of hydrogen-bond donors (Lipinski definition) is 1. The molecule has 1 atom stereocenters. The highest BCUT2D eigenvalue weighted by molar-refractivity contribution is 5.59. The molecule has 0 aliphatic rings. The van der Waals surface area contributed by atoms with Crippen molar-refractivity contribution in [3.8, 4) is 0 Å². The number of rotatable bonds is 7. The van der Waals surface area contributed by atoms with E-state index >= 15 is 0 Å². The lowest BCUT2D eigenvalue weighted by atomic mass is 10.2. The number of nitrogens with zero attached hydrogens (tertiary/aromatic N) is 4. The van der Waals surface area contributed by atoms with E-state index in [1.165, 1.54) is 6.20 Å². The molecule has 0 aliphatic heterocycles. The second-order valence-electron chi connectivity index (χ2n) is 4.23. The fourth-order valence-corrected chi connectivity index (χ4v) is 1.84. The lowest BCUT2D eigenvalue weighted by molar-refractivity contribution is -0.384. The smallest absolute Gasteiger partial charge is 0.329 e. The summed E-state index contributed by atoms with van der Waals surface area (Å²) in [4.78, 5) is 20.8. The fourth-order valence-electron chi connectivity index (χ4n) is 1.84. The van der Waals surface area contributed by atoms with Crippen molar-refractivity contribution in [2.75, 3.05) is 23.3 Å². The van der Waals surface area contributed by atoms with Gasteiger partial charge in [-0.3, -0.25) is 10.1 Å². The predicted octanol–water partition coefficient (Wildman–Crippen LogP) is 2.44. The maximum Gasteiger partial charge on any atom is 0.329 e. The molecular weight excluding hydrogens is 246 g/mol. The zero-order valence-corrected chi connectivity index (χ0v) is 11.9. The van der Waals surface area contributed by atoms with E-state index in [-0.39, 0.29) is 11.7 Å². The van der Waals surface area contributed by atoms with Crippen LogP contribution in [0, 0.1) is 10.1 Å². The largest absolute Gasteiger partial charge is 0.354 e. The molecule has 0 fully saturated rings. The molecule has 0 aromatic carbocycles. The monoisotopic (exact) mass is 267 g/mol. The van der Waals surface area contributed by atoms with Crippen molar-refractivity contribution >= 4 is 17.5 Å². The molecule has 1 aromatic heterocycles. The summed E-state index contributed by atoms with van der Waals surface area (Å²) in [5.74, 6) is 0.803. The molecule has 0 radical (unpaired) electrons. The Kier molecular flexibility index (Phi) is 5.47. The lowest BCUT2D eigenvalue weighted by Gasteiger charge is -2.27. The molecule has 0 saturated carbocycles. The Balaban J connectivity index is 3.25. The summed E-state index contributed by atoms with van der Waals surface area (Å²) in [6.45, 7) is 9.31. The van der Waals surface area contributed by atoms with E-state index in [1.54, 1.807) is 0 Å². The van der Waals surface area contributed by atoms with Crippen molar-refractivity contribution in [3.63, 3.8) is 0 Å². The molecule has 7 heteroatoms. The van der Waals surface area contributed by atoms with Crippen molar-refractivity contribution in [2.45, 2.75) is 40.2 Å². The van der Waals surface area contributed by atoms with E-state index in [0.717, 1.165) is 6.42 Å². The molecular formula is C12H21N5O2. The Bertz CT molecular complexity index is 438. The molecule has 0 saturated heterocycles. The molecule has 1 unspecified atom stereocenters. The van der Waals surface area contributed by atoms with E-state index in [1.807, 2.05) is 32.6 Å². The third-order valence-electron chi connectivity index (χ3n) is 3.02. The topological polar surface area (TPSA) is 84.2 Å². The van der Waals surface area contributed by atoms with Crippen LogP contribution in [0.15, 0.2) is 6.20 Å². The van der Waals surface area contributed by atoms with Gasteiger partial charge in [0.05, 0.1) is 4.92 Å². The summed E-state index contributed by atoms with van der Waals surface area (Å²) < 4.78 is 0. The average molecular weight is 267 g/mol. The van der Waals surface area contributed by atoms with Crippen LogP contribution in [-0.4, -0.2) is 34.0 Å². The Morgan fingerprint density at radius 1 is 1.47 bits per heavy atom. The Hall–Kier alpha value is -1.92. The summed E-state index contributed by atoms with van der Waals surface area (Å²) in [5, 5.41) is 14.1. The van der Waals surface area contributed by atoms with Gasteiger partial charge in [-0.05, 0) is 27.2 Å². The minimum Gasteiger partial charge on any atom is -0.354 e. The Labute approximate surface area is 113 Å². The van der Waals surface area contributed by atoms with Gasteiger partial charge in [0.2, 0.25) is 11.8 Å². The minimum absolute atomic E-state index is 0.0520. The Morgan fingerprint density at radius 3 is 2.63 bits per heavy atom. The average Bonchev–Trinajstić information content (AvgIpc) is 2.39. The van der Waals surface area contributed by atoms with Crippen LogP contribution >= 0.6 is 0 Å². The minimum atomic E-state index is -0.434. The van der Waals surface area contributed by atoms with Crippen LogP contribution in [0.5, 0.6) is 0 Å². The molecule has 0 aliphatic carbocycles. The quantitative estimate of drug-likeness (QED) is 0.603. The molecule has 0 amide bonds. The highest BCUT2D eigenvalue weighted by Gasteiger charge is 2.24. The van der Waals surface area contributed by atoms with Gasteiger partial charge in [-0.1, -0.05) is 6.92 Å². The van der Waals surface area contributed by atoms with Crippen molar-refractivity contribution < 1.29 is 4.92 Å². The molecule has 0 spiro atoms. The van der Waals surface area contributed by atoms with Crippen LogP contribution in [-0.2, 0) is 0 Å². The van der Waals surface area contributed by atoms with E-state index < -0.39 is 4.92 Å². The summed E-state index contributed by atoms with van der Waals surface area (Å²) in [6.07, 6.45) is 2.16. The van der Waals surface area contributed by atoms with Crippen LogP contribution in [0.1, 0.15) is 34.1 Å². The summed E-state index contributed by atoms with van der Waals surface area (Å²) in [6, 6.07) is 0.188. The molecule has 106 valence electrons. The summed E-state index contributed by atoms with van der Waals surface area (Å²) >= 11 is 0. The summed E-state index contributed by atoms with van der Waals surface area (Å²) in [7, 11) is 0. The van der Waals surface area contributed by atoms with Crippen molar-refractivity contribution in [3.05, 3.63) is 16.3 Å². The second-order valence-corrected chi connectivity index (χ2v) is 4.23. The van der Waals surface area contributed by atoms with Gasteiger partial charge in [0.1, 0.15) is 6.20 Å².